The monoisotopic (exact) mass is 370 g/mol. The molecule has 0 unspecified atom stereocenters. The largest absolute Gasteiger partial charge is 0.356 e. The number of anilines is 3. The van der Waals surface area contributed by atoms with Gasteiger partial charge in [-0.2, -0.15) is 4.98 Å². The Morgan fingerprint density at radius 3 is 2.35 bits per heavy atom. The van der Waals surface area contributed by atoms with Gasteiger partial charge in [0, 0.05) is 50.3 Å². The van der Waals surface area contributed by atoms with Gasteiger partial charge in [-0.3, -0.25) is 0 Å². The molecule has 2 saturated heterocycles. The molecule has 2 fully saturated rings. The van der Waals surface area contributed by atoms with Gasteiger partial charge in [-0.1, -0.05) is 0 Å². The Morgan fingerprint density at radius 1 is 0.769 bits per heavy atom. The fraction of sp³-hybridized carbons (Fsp3) is 0.632. The molecule has 1 aliphatic carbocycles. The molecule has 0 saturated carbocycles. The molecule has 0 radical (unpaired) electrons. The van der Waals surface area contributed by atoms with Crippen LogP contribution in [0.1, 0.15) is 36.3 Å². The second kappa shape index (κ2) is 7.02. The normalized spacial score (nSPS) is 20.5. The molecule has 0 atom stereocenters. The smallest absolute Gasteiger partial charge is 0.227 e. The van der Waals surface area contributed by atoms with Crippen molar-refractivity contribution in [2.75, 3.05) is 54.0 Å². The van der Waals surface area contributed by atoms with Crippen molar-refractivity contribution in [2.24, 2.45) is 0 Å². The summed E-state index contributed by atoms with van der Waals surface area (Å²) in [6.45, 7) is 6.19. The summed E-state index contributed by atoms with van der Waals surface area (Å²) in [5.41, 5.74) is 1.36. The fourth-order valence-corrected chi connectivity index (χ4v) is 5.39. The second-order valence-electron chi connectivity index (χ2n) is 7.46. The van der Waals surface area contributed by atoms with Crippen LogP contribution < -0.4 is 14.7 Å². The summed E-state index contributed by atoms with van der Waals surface area (Å²) in [4.78, 5) is 23.0. The number of piperazine rings is 1. The van der Waals surface area contributed by atoms with Crippen molar-refractivity contribution in [1.82, 2.24) is 15.0 Å². The van der Waals surface area contributed by atoms with Crippen LogP contribution in [0.5, 0.6) is 0 Å². The van der Waals surface area contributed by atoms with Crippen LogP contribution in [-0.2, 0) is 12.8 Å². The van der Waals surface area contributed by atoms with Crippen molar-refractivity contribution in [3.63, 3.8) is 0 Å². The minimum atomic E-state index is 0.882. The highest BCUT2D eigenvalue weighted by molar-refractivity contribution is 7.15. The topological polar surface area (TPSA) is 48.4 Å². The van der Waals surface area contributed by atoms with E-state index in [0.29, 0.717) is 0 Å². The molecule has 26 heavy (non-hydrogen) atoms. The number of fused-ring (bicyclic) bond motifs is 1. The molecule has 2 aliphatic heterocycles. The Morgan fingerprint density at radius 2 is 1.54 bits per heavy atom. The molecule has 0 bridgehead atoms. The summed E-state index contributed by atoms with van der Waals surface area (Å²) in [7, 11) is 0. The third-order valence-electron chi connectivity index (χ3n) is 5.73. The second-order valence-corrected chi connectivity index (χ2v) is 8.52. The Balaban J connectivity index is 1.25. The predicted octanol–water partition coefficient (Wildman–Crippen LogP) is 2.74. The molecule has 0 amide bonds. The van der Waals surface area contributed by atoms with E-state index in [0.717, 1.165) is 51.0 Å². The van der Waals surface area contributed by atoms with Gasteiger partial charge in [0.2, 0.25) is 5.95 Å². The zero-order valence-electron chi connectivity index (χ0n) is 15.2. The maximum Gasteiger partial charge on any atom is 0.227 e. The zero-order chi connectivity index (χ0) is 17.3. The zero-order valence-corrected chi connectivity index (χ0v) is 16.0. The van der Waals surface area contributed by atoms with Crippen molar-refractivity contribution in [3.05, 3.63) is 22.8 Å². The summed E-state index contributed by atoms with van der Waals surface area (Å²) in [6, 6.07) is 2.05. The number of nitrogens with zero attached hydrogens (tertiary/aromatic N) is 6. The summed E-state index contributed by atoms with van der Waals surface area (Å²) < 4.78 is 0. The summed E-state index contributed by atoms with van der Waals surface area (Å²) in [6.07, 6.45) is 9.48. The molecule has 4 heterocycles. The lowest BCUT2D eigenvalue weighted by molar-refractivity contribution is 0.635. The summed E-state index contributed by atoms with van der Waals surface area (Å²) in [5, 5.41) is 1.23. The molecule has 0 spiro atoms. The average molecular weight is 371 g/mol. The van der Waals surface area contributed by atoms with Gasteiger partial charge in [-0.05, 0) is 44.6 Å². The maximum atomic E-state index is 4.93. The first-order valence-corrected chi connectivity index (χ1v) is 10.7. The van der Waals surface area contributed by atoms with Crippen molar-refractivity contribution in [1.29, 1.82) is 0 Å². The Labute approximate surface area is 158 Å². The first-order valence-electron chi connectivity index (χ1n) is 9.93. The lowest BCUT2D eigenvalue weighted by Crippen LogP contribution is -2.47. The number of hydrogen-bond acceptors (Lipinski definition) is 7. The standard InChI is InChI=1S/C19H26N6S/c1-2-6-16-15(5-1)21-19(26-16)25-13-11-24(12-14-25)18-20-8-7-17(22-18)23-9-3-4-10-23/h7-8H,1-6,9-14H2. The van der Waals surface area contributed by atoms with E-state index in [9.17, 15) is 0 Å². The van der Waals surface area contributed by atoms with E-state index < -0.39 is 0 Å². The summed E-state index contributed by atoms with van der Waals surface area (Å²) >= 11 is 1.92. The van der Waals surface area contributed by atoms with E-state index in [1.54, 1.807) is 0 Å². The lowest BCUT2D eigenvalue weighted by atomic mass is 10.0. The van der Waals surface area contributed by atoms with Crippen molar-refractivity contribution < 1.29 is 0 Å². The maximum absolute atomic E-state index is 4.93. The fourth-order valence-electron chi connectivity index (χ4n) is 4.19. The number of rotatable bonds is 3. The number of aromatic nitrogens is 3. The first-order chi connectivity index (χ1) is 12.9. The molecule has 2 aromatic rings. The van der Waals surface area contributed by atoms with Crippen LogP contribution in [0.2, 0.25) is 0 Å². The Hall–Kier alpha value is -1.89. The van der Waals surface area contributed by atoms with E-state index in [2.05, 4.69) is 19.7 Å². The van der Waals surface area contributed by atoms with E-state index in [4.69, 9.17) is 9.97 Å². The lowest BCUT2D eigenvalue weighted by Gasteiger charge is -2.34. The third-order valence-corrected chi connectivity index (χ3v) is 6.94. The van der Waals surface area contributed by atoms with Crippen LogP contribution in [0, 0.1) is 0 Å². The van der Waals surface area contributed by atoms with E-state index in [1.807, 2.05) is 23.6 Å². The molecular formula is C19H26N6S. The van der Waals surface area contributed by atoms with Gasteiger partial charge >= 0.3 is 0 Å². The van der Waals surface area contributed by atoms with Crippen molar-refractivity contribution in [2.45, 2.75) is 38.5 Å². The highest BCUT2D eigenvalue weighted by atomic mass is 32.1. The number of aryl methyl sites for hydroxylation is 2. The van der Waals surface area contributed by atoms with Crippen LogP contribution in [0.15, 0.2) is 12.3 Å². The van der Waals surface area contributed by atoms with Crippen LogP contribution in [-0.4, -0.2) is 54.2 Å². The van der Waals surface area contributed by atoms with Crippen LogP contribution in [0.3, 0.4) is 0 Å². The molecule has 0 N–H and O–H groups in total. The number of thiazole rings is 1. The molecule has 2 aromatic heterocycles. The Bertz CT molecular complexity index is 738. The molecule has 138 valence electrons. The van der Waals surface area contributed by atoms with E-state index in [-0.39, 0.29) is 0 Å². The average Bonchev–Trinajstić information content (AvgIpc) is 3.38. The van der Waals surface area contributed by atoms with Gasteiger partial charge < -0.3 is 14.7 Å². The molecule has 6 nitrogen and oxygen atoms in total. The summed E-state index contributed by atoms with van der Waals surface area (Å²) in [5.74, 6) is 1.97. The number of hydrogen-bond donors (Lipinski definition) is 0. The minimum absolute atomic E-state index is 0.882. The molecular weight excluding hydrogens is 344 g/mol. The highest BCUT2D eigenvalue weighted by Gasteiger charge is 2.24. The van der Waals surface area contributed by atoms with Gasteiger partial charge in [0.25, 0.3) is 0 Å². The van der Waals surface area contributed by atoms with Crippen LogP contribution in [0.25, 0.3) is 0 Å². The SMILES string of the molecule is c1cc(N2CCCC2)nc(N2CCN(c3nc4c(s3)CCCC4)CC2)n1. The third kappa shape index (κ3) is 3.13. The van der Waals surface area contributed by atoms with Crippen molar-refractivity contribution >= 4 is 28.2 Å². The van der Waals surface area contributed by atoms with Gasteiger partial charge in [-0.15, -0.1) is 11.3 Å². The van der Waals surface area contributed by atoms with E-state index >= 15 is 0 Å². The molecule has 5 rings (SSSR count). The van der Waals surface area contributed by atoms with Gasteiger partial charge in [0.05, 0.1) is 5.69 Å². The van der Waals surface area contributed by atoms with E-state index in [1.165, 1.54) is 54.2 Å². The Kier molecular flexibility index (Phi) is 4.40. The van der Waals surface area contributed by atoms with Gasteiger partial charge in [0.1, 0.15) is 5.82 Å². The predicted molar refractivity (Wildman–Crippen MR) is 107 cm³/mol. The van der Waals surface area contributed by atoms with Crippen LogP contribution >= 0.6 is 11.3 Å². The van der Waals surface area contributed by atoms with Crippen molar-refractivity contribution in [3.8, 4) is 0 Å². The molecule has 3 aliphatic rings. The highest BCUT2D eigenvalue weighted by Crippen LogP contribution is 2.32. The quantitative estimate of drug-likeness (QED) is 0.828. The minimum Gasteiger partial charge on any atom is -0.356 e. The molecule has 7 heteroatoms. The first kappa shape index (κ1) is 16.3. The van der Waals surface area contributed by atoms with Gasteiger partial charge in [0.15, 0.2) is 5.13 Å². The molecule has 0 aromatic carbocycles. The van der Waals surface area contributed by atoms with Gasteiger partial charge in [-0.25, -0.2) is 9.97 Å². The van der Waals surface area contributed by atoms with Crippen LogP contribution in [0.4, 0.5) is 16.9 Å².